The number of nitrogens with one attached hydrogen (secondary N) is 1. The van der Waals surface area contributed by atoms with Gasteiger partial charge in [-0.2, -0.15) is 0 Å². The van der Waals surface area contributed by atoms with Crippen LogP contribution in [0.25, 0.3) is 0 Å². The molecule has 0 fully saturated rings. The highest BCUT2D eigenvalue weighted by molar-refractivity contribution is 5.55. The van der Waals surface area contributed by atoms with Gasteiger partial charge in [0.25, 0.3) is 0 Å². The Balaban J connectivity index is 2.04. The van der Waals surface area contributed by atoms with E-state index in [1.807, 2.05) is 25.1 Å². The molecule has 0 aliphatic carbocycles. The van der Waals surface area contributed by atoms with E-state index in [4.69, 9.17) is 9.47 Å². The van der Waals surface area contributed by atoms with Crippen molar-refractivity contribution in [1.82, 2.24) is 0 Å². The van der Waals surface area contributed by atoms with Crippen molar-refractivity contribution in [1.29, 1.82) is 0 Å². The van der Waals surface area contributed by atoms with Crippen molar-refractivity contribution >= 4 is 5.69 Å². The zero-order chi connectivity index (χ0) is 14.4. The zero-order valence-corrected chi connectivity index (χ0v) is 11.7. The second-order valence-corrected chi connectivity index (χ2v) is 4.28. The first-order chi connectivity index (χ1) is 9.72. The van der Waals surface area contributed by atoms with E-state index in [0.29, 0.717) is 18.9 Å². The summed E-state index contributed by atoms with van der Waals surface area (Å²) in [4.78, 5) is 0. The molecule has 0 aromatic heterocycles. The first kappa shape index (κ1) is 14.2. The Morgan fingerprint density at radius 3 is 2.45 bits per heavy atom. The summed E-state index contributed by atoms with van der Waals surface area (Å²) in [7, 11) is 1.61. The van der Waals surface area contributed by atoms with Crippen molar-refractivity contribution < 1.29 is 13.9 Å². The molecule has 0 aliphatic rings. The third kappa shape index (κ3) is 3.63. The van der Waals surface area contributed by atoms with Crippen molar-refractivity contribution in [2.24, 2.45) is 0 Å². The Kier molecular flexibility index (Phi) is 4.82. The molecule has 0 saturated carbocycles. The van der Waals surface area contributed by atoms with Gasteiger partial charge in [0.2, 0.25) is 0 Å². The number of hydrogen-bond acceptors (Lipinski definition) is 3. The summed E-state index contributed by atoms with van der Waals surface area (Å²) in [6.07, 6.45) is 0. The SMILES string of the molecule is CCOc1ccc(NCc2ccc(F)cc2)cc1OC. The summed E-state index contributed by atoms with van der Waals surface area (Å²) in [5.41, 5.74) is 1.94. The van der Waals surface area contributed by atoms with Gasteiger partial charge in [-0.3, -0.25) is 0 Å². The topological polar surface area (TPSA) is 30.5 Å². The summed E-state index contributed by atoms with van der Waals surface area (Å²) in [5.74, 6) is 1.19. The van der Waals surface area contributed by atoms with Gasteiger partial charge in [-0.05, 0) is 36.8 Å². The van der Waals surface area contributed by atoms with Crippen molar-refractivity contribution in [2.75, 3.05) is 19.0 Å². The van der Waals surface area contributed by atoms with Crippen LogP contribution in [0.5, 0.6) is 11.5 Å². The van der Waals surface area contributed by atoms with Crippen LogP contribution in [0.3, 0.4) is 0 Å². The van der Waals surface area contributed by atoms with Crippen LogP contribution in [-0.4, -0.2) is 13.7 Å². The van der Waals surface area contributed by atoms with Crippen LogP contribution >= 0.6 is 0 Å². The Morgan fingerprint density at radius 2 is 1.80 bits per heavy atom. The highest BCUT2D eigenvalue weighted by atomic mass is 19.1. The molecule has 2 aromatic rings. The summed E-state index contributed by atoms with van der Waals surface area (Å²) < 4.78 is 23.6. The first-order valence-corrected chi connectivity index (χ1v) is 6.52. The van der Waals surface area contributed by atoms with Crippen LogP contribution in [0.2, 0.25) is 0 Å². The van der Waals surface area contributed by atoms with Gasteiger partial charge >= 0.3 is 0 Å². The molecule has 0 saturated heterocycles. The van der Waals surface area contributed by atoms with Crippen LogP contribution < -0.4 is 14.8 Å². The second-order valence-electron chi connectivity index (χ2n) is 4.28. The molecule has 0 atom stereocenters. The van der Waals surface area contributed by atoms with Crippen LogP contribution in [0.15, 0.2) is 42.5 Å². The van der Waals surface area contributed by atoms with E-state index in [-0.39, 0.29) is 5.82 Å². The molecule has 2 rings (SSSR count). The van der Waals surface area contributed by atoms with Crippen LogP contribution in [-0.2, 0) is 6.54 Å². The maximum Gasteiger partial charge on any atom is 0.162 e. The third-order valence-electron chi connectivity index (χ3n) is 2.87. The Labute approximate surface area is 118 Å². The number of halogens is 1. The summed E-state index contributed by atoms with van der Waals surface area (Å²) >= 11 is 0. The molecule has 0 amide bonds. The second kappa shape index (κ2) is 6.80. The lowest BCUT2D eigenvalue weighted by Gasteiger charge is -2.12. The van der Waals surface area contributed by atoms with Gasteiger partial charge in [0.15, 0.2) is 11.5 Å². The predicted molar refractivity (Wildman–Crippen MR) is 77.9 cm³/mol. The summed E-state index contributed by atoms with van der Waals surface area (Å²) in [6, 6.07) is 12.1. The van der Waals surface area contributed by atoms with Gasteiger partial charge < -0.3 is 14.8 Å². The van der Waals surface area contributed by atoms with Crippen LogP contribution in [0.1, 0.15) is 12.5 Å². The smallest absolute Gasteiger partial charge is 0.162 e. The average molecular weight is 275 g/mol. The Hall–Kier alpha value is -2.23. The monoisotopic (exact) mass is 275 g/mol. The molecule has 4 heteroatoms. The normalized spacial score (nSPS) is 10.2. The van der Waals surface area contributed by atoms with Crippen molar-refractivity contribution in [3.05, 3.63) is 53.8 Å². The van der Waals surface area contributed by atoms with Gasteiger partial charge in [0, 0.05) is 18.3 Å². The number of ether oxygens (including phenoxy) is 2. The van der Waals surface area contributed by atoms with E-state index >= 15 is 0 Å². The highest BCUT2D eigenvalue weighted by Crippen LogP contribution is 2.30. The molecule has 2 aromatic carbocycles. The molecule has 0 spiro atoms. The zero-order valence-electron chi connectivity index (χ0n) is 11.7. The van der Waals surface area contributed by atoms with Crippen molar-refractivity contribution in [3.63, 3.8) is 0 Å². The first-order valence-electron chi connectivity index (χ1n) is 6.52. The third-order valence-corrected chi connectivity index (χ3v) is 2.87. The fourth-order valence-electron chi connectivity index (χ4n) is 1.86. The lowest BCUT2D eigenvalue weighted by molar-refractivity contribution is 0.311. The molecule has 3 nitrogen and oxygen atoms in total. The van der Waals surface area contributed by atoms with E-state index in [1.165, 1.54) is 12.1 Å². The quantitative estimate of drug-likeness (QED) is 0.868. The highest BCUT2D eigenvalue weighted by Gasteiger charge is 2.05. The summed E-state index contributed by atoms with van der Waals surface area (Å²) in [6.45, 7) is 3.15. The molecule has 0 aliphatic heterocycles. The lowest BCUT2D eigenvalue weighted by atomic mass is 10.2. The minimum absolute atomic E-state index is 0.225. The molecule has 0 bridgehead atoms. The number of rotatable bonds is 6. The lowest BCUT2D eigenvalue weighted by Crippen LogP contribution is -2.01. The Morgan fingerprint density at radius 1 is 1.05 bits per heavy atom. The molecule has 20 heavy (non-hydrogen) atoms. The molecule has 0 heterocycles. The summed E-state index contributed by atoms with van der Waals surface area (Å²) in [5, 5.41) is 3.27. The van der Waals surface area contributed by atoms with E-state index in [0.717, 1.165) is 17.0 Å². The van der Waals surface area contributed by atoms with Crippen LogP contribution in [0.4, 0.5) is 10.1 Å². The van der Waals surface area contributed by atoms with Gasteiger partial charge in [-0.1, -0.05) is 12.1 Å². The molecule has 106 valence electrons. The number of methoxy groups -OCH3 is 1. The Bertz CT molecular complexity index is 555. The molecule has 0 unspecified atom stereocenters. The standard InChI is InChI=1S/C16H18FNO2/c1-3-20-15-9-8-14(10-16(15)19-2)18-11-12-4-6-13(17)7-5-12/h4-10,18H,3,11H2,1-2H3. The van der Waals surface area contributed by atoms with Crippen LogP contribution in [0, 0.1) is 5.82 Å². The molecule has 1 N–H and O–H groups in total. The minimum Gasteiger partial charge on any atom is -0.493 e. The van der Waals surface area contributed by atoms with Gasteiger partial charge in [0.1, 0.15) is 5.82 Å². The molecule has 0 radical (unpaired) electrons. The predicted octanol–water partition coefficient (Wildman–Crippen LogP) is 3.85. The maximum atomic E-state index is 12.8. The largest absolute Gasteiger partial charge is 0.493 e. The van der Waals surface area contributed by atoms with E-state index in [2.05, 4.69) is 5.32 Å². The maximum absolute atomic E-state index is 12.8. The van der Waals surface area contributed by atoms with Crippen molar-refractivity contribution in [3.8, 4) is 11.5 Å². The number of benzene rings is 2. The average Bonchev–Trinajstić information content (AvgIpc) is 2.48. The molecular formula is C16H18FNO2. The van der Waals surface area contributed by atoms with Crippen molar-refractivity contribution in [2.45, 2.75) is 13.5 Å². The number of hydrogen-bond donors (Lipinski definition) is 1. The van der Waals surface area contributed by atoms with Gasteiger partial charge in [0.05, 0.1) is 13.7 Å². The van der Waals surface area contributed by atoms with E-state index in [9.17, 15) is 4.39 Å². The fourth-order valence-corrected chi connectivity index (χ4v) is 1.86. The van der Waals surface area contributed by atoms with E-state index in [1.54, 1.807) is 19.2 Å². The van der Waals surface area contributed by atoms with E-state index < -0.39 is 0 Å². The van der Waals surface area contributed by atoms with Gasteiger partial charge in [-0.25, -0.2) is 4.39 Å². The minimum atomic E-state index is -0.225. The van der Waals surface area contributed by atoms with Gasteiger partial charge in [-0.15, -0.1) is 0 Å². The number of anilines is 1. The molecular weight excluding hydrogens is 257 g/mol. The fraction of sp³-hybridized carbons (Fsp3) is 0.250.